The maximum Gasteiger partial charge on any atom is 0.251 e. The smallest absolute Gasteiger partial charge is 0.251 e. The van der Waals surface area contributed by atoms with Gasteiger partial charge in [0.15, 0.2) is 0 Å². The molecule has 4 rings (SSSR count). The minimum absolute atomic E-state index is 0.00430. The maximum atomic E-state index is 12.2. The third-order valence-electron chi connectivity index (χ3n) is 5.21. The molecule has 0 aromatic carbocycles. The summed E-state index contributed by atoms with van der Waals surface area (Å²) in [5.41, 5.74) is 3.78. The van der Waals surface area contributed by atoms with Gasteiger partial charge >= 0.3 is 0 Å². The van der Waals surface area contributed by atoms with Gasteiger partial charge in [0.1, 0.15) is 0 Å². The zero-order chi connectivity index (χ0) is 15.1. The number of hydrogen-bond acceptors (Lipinski definition) is 2. The summed E-state index contributed by atoms with van der Waals surface area (Å²) in [6.45, 7) is 0. The molecule has 0 spiro atoms. The molecule has 4 heteroatoms. The number of allylic oxidation sites excluding steroid dienone is 3. The van der Waals surface area contributed by atoms with Crippen molar-refractivity contribution in [1.29, 1.82) is 0 Å². The standard InChI is InChI=1S/C18H20N2O2/c21-17(11-4-1-2-5-11)19-12-8-9-14-13-6-3-7-15(13)18(22)20-16(14)10-12/h8-11,14H,1-7H2,(H,20,22). The molecule has 3 aliphatic carbocycles. The summed E-state index contributed by atoms with van der Waals surface area (Å²) in [7, 11) is 0. The summed E-state index contributed by atoms with van der Waals surface area (Å²) in [4.78, 5) is 28.6. The van der Waals surface area contributed by atoms with Crippen molar-refractivity contribution in [2.24, 2.45) is 16.8 Å². The highest BCUT2D eigenvalue weighted by atomic mass is 16.2. The molecule has 1 N–H and O–H groups in total. The number of aliphatic imine (C=N–C) groups is 1. The van der Waals surface area contributed by atoms with Crippen molar-refractivity contribution in [2.45, 2.75) is 44.9 Å². The Morgan fingerprint density at radius 3 is 2.82 bits per heavy atom. The largest absolute Gasteiger partial charge is 0.325 e. The van der Waals surface area contributed by atoms with E-state index in [1.165, 1.54) is 5.57 Å². The lowest BCUT2D eigenvalue weighted by atomic mass is 9.85. The summed E-state index contributed by atoms with van der Waals surface area (Å²) < 4.78 is 0. The van der Waals surface area contributed by atoms with Crippen molar-refractivity contribution in [3.63, 3.8) is 0 Å². The van der Waals surface area contributed by atoms with Gasteiger partial charge in [-0.2, -0.15) is 0 Å². The molecule has 0 bridgehead atoms. The molecule has 0 aromatic heterocycles. The number of amides is 2. The predicted molar refractivity (Wildman–Crippen MR) is 84.1 cm³/mol. The topological polar surface area (TPSA) is 58.5 Å². The number of carbonyl (C=O) groups is 2. The Balaban J connectivity index is 1.59. The van der Waals surface area contributed by atoms with Crippen molar-refractivity contribution < 1.29 is 9.59 Å². The van der Waals surface area contributed by atoms with E-state index in [2.05, 4.69) is 16.4 Å². The van der Waals surface area contributed by atoms with E-state index in [0.717, 1.165) is 56.2 Å². The molecule has 4 aliphatic rings. The van der Waals surface area contributed by atoms with Crippen LogP contribution in [0.5, 0.6) is 0 Å². The van der Waals surface area contributed by atoms with Crippen LogP contribution in [0.3, 0.4) is 0 Å². The SMILES string of the molecule is O=C1NC2=CC(=NC(=O)C3CCCC3)C=CC2C2=C1CCC2. The molecule has 114 valence electrons. The van der Waals surface area contributed by atoms with Gasteiger partial charge in [0, 0.05) is 23.1 Å². The second kappa shape index (κ2) is 5.34. The van der Waals surface area contributed by atoms with Crippen LogP contribution in [0.1, 0.15) is 44.9 Å². The third kappa shape index (κ3) is 2.27. The monoisotopic (exact) mass is 296 g/mol. The molecule has 1 saturated carbocycles. The Morgan fingerprint density at radius 2 is 2.00 bits per heavy atom. The summed E-state index contributed by atoms with van der Waals surface area (Å²) in [6.07, 6.45) is 13.0. The average molecular weight is 296 g/mol. The van der Waals surface area contributed by atoms with Crippen LogP contribution in [-0.2, 0) is 9.59 Å². The van der Waals surface area contributed by atoms with Gasteiger partial charge in [-0.3, -0.25) is 9.59 Å². The lowest BCUT2D eigenvalue weighted by molar-refractivity contribution is -0.121. The van der Waals surface area contributed by atoms with Gasteiger partial charge in [-0.1, -0.05) is 18.9 Å². The molecular weight excluding hydrogens is 276 g/mol. The summed E-state index contributed by atoms with van der Waals surface area (Å²) in [6, 6.07) is 0. The molecular formula is C18H20N2O2. The second-order valence-corrected chi connectivity index (χ2v) is 6.60. The molecule has 1 unspecified atom stereocenters. The van der Waals surface area contributed by atoms with Gasteiger partial charge in [0.25, 0.3) is 5.91 Å². The molecule has 4 nitrogen and oxygen atoms in total. The number of hydrogen-bond donors (Lipinski definition) is 1. The minimum atomic E-state index is -0.00430. The van der Waals surface area contributed by atoms with Crippen LogP contribution in [0.4, 0.5) is 0 Å². The van der Waals surface area contributed by atoms with Crippen molar-refractivity contribution in [1.82, 2.24) is 5.32 Å². The Kier molecular flexibility index (Phi) is 3.32. The normalized spacial score (nSPS) is 29.5. The summed E-state index contributed by atoms with van der Waals surface area (Å²) in [5, 5.41) is 2.98. The van der Waals surface area contributed by atoms with E-state index in [9.17, 15) is 9.59 Å². The molecule has 0 aromatic rings. The van der Waals surface area contributed by atoms with Crippen LogP contribution >= 0.6 is 0 Å². The van der Waals surface area contributed by atoms with E-state index in [1.54, 1.807) is 0 Å². The van der Waals surface area contributed by atoms with Crippen LogP contribution < -0.4 is 5.32 Å². The van der Waals surface area contributed by atoms with Gasteiger partial charge in [-0.25, -0.2) is 4.99 Å². The van der Waals surface area contributed by atoms with Crippen LogP contribution in [0.15, 0.2) is 40.1 Å². The van der Waals surface area contributed by atoms with Crippen LogP contribution in [0.2, 0.25) is 0 Å². The lowest BCUT2D eigenvalue weighted by Gasteiger charge is -2.28. The first-order chi connectivity index (χ1) is 10.7. The molecule has 22 heavy (non-hydrogen) atoms. The summed E-state index contributed by atoms with van der Waals surface area (Å²) >= 11 is 0. The molecule has 2 amide bonds. The van der Waals surface area contributed by atoms with E-state index in [1.807, 2.05) is 12.2 Å². The number of rotatable bonds is 1. The van der Waals surface area contributed by atoms with Crippen molar-refractivity contribution >= 4 is 17.5 Å². The third-order valence-corrected chi connectivity index (χ3v) is 5.21. The fourth-order valence-corrected chi connectivity index (χ4v) is 4.05. The van der Waals surface area contributed by atoms with Gasteiger partial charge in [0.05, 0.1) is 5.71 Å². The van der Waals surface area contributed by atoms with Gasteiger partial charge < -0.3 is 5.32 Å². The predicted octanol–water partition coefficient (Wildman–Crippen LogP) is 2.82. The van der Waals surface area contributed by atoms with Crippen molar-refractivity contribution in [2.75, 3.05) is 0 Å². The van der Waals surface area contributed by atoms with E-state index in [4.69, 9.17) is 0 Å². The minimum Gasteiger partial charge on any atom is -0.325 e. The Bertz CT molecular complexity index is 661. The fraction of sp³-hybridized carbons (Fsp3) is 0.500. The number of nitrogens with one attached hydrogen (secondary N) is 1. The zero-order valence-corrected chi connectivity index (χ0v) is 12.6. The highest BCUT2D eigenvalue weighted by Crippen LogP contribution is 2.39. The van der Waals surface area contributed by atoms with Gasteiger partial charge in [0.2, 0.25) is 5.91 Å². The van der Waals surface area contributed by atoms with Crippen molar-refractivity contribution in [3.05, 3.63) is 35.1 Å². The van der Waals surface area contributed by atoms with E-state index in [-0.39, 0.29) is 23.7 Å². The van der Waals surface area contributed by atoms with Gasteiger partial charge in [-0.05, 0) is 49.8 Å². The van der Waals surface area contributed by atoms with E-state index in [0.29, 0.717) is 5.71 Å². The molecule has 1 atom stereocenters. The highest BCUT2D eigenvalue weighted by Gasteiger charge is 2.34. The highest BCUT2D eigenvalue weighted by molar-refractivity contribution is 6.12. The average Bonchev–Trinajstić information content (AvgIpc) is 3.19. The Labute approximate surface area is 130 Å². The first-order valence-corrected chi connectivity index (χ1v) is 8.28. The first kappa shape index (κ1) is 13.7. The number of carbonyl (C=O) groups excluding carboxylic acids is 2. The second-order valence-electron chi connectivity index (χ2n) is 6.60. The van der Waals surface area contributed by atoms with Crippen LogP contribution in [-0.4, -0.2) is 17.5 Å². The van der Waals surface area contributed by atoms with Crippen molar-refractivity contribution in [3.8, 4) is 0 Å². The van der Waals surface area contributed by atoms with E-state index < -0.39 is 0 Å². The first-order valence-electron chi connectivity index (χ1n) is 8.28. The fourth-order valence-electron chi connectivity index (χ4n) is 4.05. The van der Waals surface area contributed by atoms with Gasteiger partial charge in [-0.15, -0.1) is 0 Å². The molecule has 1 heterocycles. The Morgan fingerprint density at radius 1 is 1.18 bits per heavy atom. The quantitative estimate of drug-likeness (QED) is 0.809. The molecule has 0 saturated heterocycles. The number of nitrogens with zero attached hydrogens (tertiary/aromatic N) is 1. The zero-order valence-electron chi connectivity index (χ0n) is 12.6. The number of fused-ring (bicyclic) bond motifs is 2. The Hall–Kier alpha value is -1.97. The van der Waals surface area contributed by atoms with Crippen LogP contribution in [0.25, 0.3) is 0 Å². The van der Waals surface area contributed by atoms with Crippen LogP contribution in [0, 0.1) is 11.8 Å². The molecule has 0 radical (unpaired) electrons. The van der Waals surface area contributed by atoms with E-state index >= 15 is 0 Å². The summed E-state index contributed by atoms with van der Waals surface area (Å²) in [5.74, 6) is 0.306. The molecule has 1 aliphatic heterocycles. The lowest BCUT2D eigenvalue weighted by Crippen LogP contribution is -2.35. The molecule has 1 fully saturated rings. The maximum absolute atomic E-state index is 12.2.